The molecule has 1 saturated carbocycles. The molecule has 2 saturated heterocycles. The number of anilines is 1. The number of rotatable bonds is 6. The van der Waals surface area contributed by atoms with Crippen molar-refractivity contribution in [3.8, 4) is 6.07 Å². The summed E-state index contributed by atoms with van der Waals surface area (Å²) in [5.41, 5.74) is 2.89. The summed E-state index contributed by atoms with van der Waals surface area (Å²) in [7, 11) is 0. The van der Waals surface area contributed by atoms with Crippen molar-refractivity contribution in [2.45, 2.75) is 44.1 Å². The van der Waals surface area contributed by atoms with Crippen molar-refractivity contribution in [1.29, 1.82) is 5.26 Å². The lowest BCUT2D eigenvalue weighted by molar-refractivity contribution is 0.0986. The van der Waals surface area contributed by atoms with Crippen molar-refractivity contribution in [2.24, 2.45) is 17.8 Å². The Morgan fingerprint density at radius 2 is 1.55 bits per heavy atom. The fourth-order valence-electron chi connectivity index (χ4n) is 6.69. The monoisotopic (exact) mass is 438 g/mol. The van der Waals surface area contributed by atoms with Gasteiger partial charge in [-0.2, -0.15) is 5.26 Å². The summed E-state index contributed by atoms with van der Waals surface area (Å²) in [6.07, 6.45) is 7.27. The summed E-state index contributed by atoms with van der Waals surface area (Å²) in [5.74, 6) is 1.70. The second kappa shape index (κ2) is 9.58. The maximum atomic E-state index is 8.99. The lowest BCUT2D eigenvalue weighted by atomic mass is 9.66. The first-order valence-corrected chi connectivity index (χ1v) is 12.6. The summed E-state index contributed by atoms with van der Waals surface area (Å²) in [6.45, 7) is 14.0. The van der Waals surface area contributed by atoms with E-state index in [1.54, 1.807) is 0 Å². The minimum Gasteiger partial charge on any atom is -0.371 e. The van der Waals surface area contributed by atoms with Gasteiger partial charge in [0.25, 0.3) is 5.54 Å². The van der Waals surface area contributed by atoms with Crippen LogP contribution in [0.5, 0.6) is 0 Å². The molecule has 4 heteroatoms. The molecule has 2 aliphatic heterocycles. The molecule has 170 valence electrons. The highest BCUT2D eigenvalue weighted by molar-refractivity contribution is 5.51. The van der Waals surface area contributed by atoms with Crippen molar-refractivity contribution in [3.05, 3.63) is 77.1 Å². The van der Waals surface area contributed by atoms with E-state index in [4.69, 9.17) is 11.8 Å². The molecule has 1 unspecified atom stereocenters. The lowest BCUT2D eigenvalue weighted by Gasteiger charge is -2.45. The zero-order valence-corrected chi connectivity index (χ0v) is 19.5. The van der Waals surface area contributed by atoms with Gasteiger partial charge in [-0.25, -0.2) is 6.57 Å². The lowest BCUT2D eigenvalue weighted by Crippen LogP contribution is -2.53. The highest BCUT2D eigenvalue weighted by Gasteiger charge is 2.54. The van der Waals surface area contributed by atoms with Crippen LogP contribution >= 0.6 is 0 Å². The molecule has 4 nitrogen and oxygen atoms in total. The number of hydrogen-bond donors (Lipinski definition) is 0. The zero-order chi connectivity index (χ0) is 22.7. The topological polar surface area (TPSA) is 34.6 Å². The van der Waals surface area contributed by atoms with E-state index in [-0.39, 0.29) is 5.54 Å². The van der Waals surface area contributed by atoms with Gasteiger partial charge >= 0.3 is 0 Å². The van der Waals surface area contributed by atoms with E-state index in [2.05, 4.69) is 63.2 Å². The van der Waals surface area contributed by atoms with Gasteiger partial charge in [0.2, 0.25) is 0 Å². The number of benzene rings is 2. The smallest absolute Gasteiger partial charge is 0.263 e. The molecule has 33 heavy (non-hydrogen) atoms. The van der Waals surface area contributed by atoms with E-state index >= 15 is 0 Å². The van der Waals surface area contributed by atoms with Crippen molar-refractivity contribution in [2.75, 3.05) is 37.6 Å². The van der Waals surface area contributed by atoms with E-state index in [1.807, 2.05) is 12.1 Å². The van der Waals surface area contributed by atoms with Crippen LogP contribution in [0.25, 0.3) is 4.85 Å². The maximum absolute atomic E-state index is 8.99. The number of piperidine rings is 1. The molecule has 2 aromatic rings. The summed E-state index contributed by atoms with van der Waals surface area (Å²) in [4.78, 5) is 9.53. The highest BCUT2D eigenvalue weighted by atomic mass is 15.2. The molecule has 5 rings (SSSR count). The maximum Gasteiger partial charge on any atom is 0.263 e. The van der Waals surface area contributed by atoms with Crippen molar-refractivity contribution in [1.82, 2.24) is 4.90 Å². The van der Waals surface area contributed by atoms with Crippen LogP contribution in [-0.4, -0.2) is 37.6 Å². The van der Waals surface area contributed by atoms with Gasteiger partial charge in [-0.15, -0.1) is 0 Å². The van der Waals surface area contributed by atoms with Gasteiger partial charge in [-0.05, 0) is 63.0 Å². The summed E-state index contributed by atoms with van der Waals surface area (Å²) in [5, 5.41) is 8.99. The molecule has 1 atom stereocenters. The molecule has 0 radical (unpaired) electrons. The third-order valence-electron chi connectivity index (χ3n) is 8.44. The number of hydrogen-bond acceptors (Lipinski definition) is 3. The number of likely N-dealkylation sites (tertiary alicyclic amines) is 1. The molecule has 3 aliphatic rings. The molecule has 3 fully saturated rings. The Bertz CT molecular complexity index is 998. The molecule has 0 aromatic heterocycles. The molecule has 0 bridgehead atoms. The van der Waals surface area contributed by atoms with Crippen molar-refractivity contribution >= 4 is 5.69 Å². The van der Waals surface area contributed by atoms with Gasteiger partial charge in [0.15, 0.2) is 0 Å². The fourth-order valence-corrected chi connectivity index (χ4v) is 6.69. The first-order valence-electron chi connectivity index (χ1n) is 12.6. The Balaban J connectivity index is 1.19. The molecule has 0 spiro atoms. The Labute approximate surface area is 198 Å². The van der Waals surface area contributed by atoms with Crippen LogP contribution < -0.4 is 4.90 Å². The second-order valence-corrected chi connectivity index (χ2v) is 10.3. The van der Waals surface area contributed by atoms with E-state index in [0.717, 1.165) is 44.6 Å². The molecule has 2 heterocycles. The number of nitriles is 1. The van der Waals surface area contributed by atoms with Crippen molar-refractivity contribution in [3.63, 3.8) is 0 Å². The van der Waals surface area contributed by atoms with Crippen LogP contribution in [0.3, 0.4) is 0 Å². The predicted octanol–water partition coefficient (Wildman–Crippen LogP) is 5.71. The van der Waals surface area contributed by atoms with Crippen LogP contribution in [0.2, 0.25) is 0 Å². The normalized spacial score (nSPS) is 22.3. The highest BCUT2D eigenvalue weighted by Crippen LogP contribution is 2.51. The first-order chi connectivity index (χ1) is 16.2. The van der Waals surface area contributed by atoms with Crippen LogP contribution in [0.1, 0.15) is 49.7 Å². The minimum absolute atomic E-state index is 0.327. The Kier molecular flexibility index (Phi) is 6.39. The van der Waals surface area contributed by atoms with Gasteiger partial charge in [0, 0.05) is 48.6 Å². The summed E-state index contributed by atoms with van der Waals surface area (Å²) < 4.78 is 0. The molecule has 0 N–H and O–H groups in total. The van der Waals surface area contributed by atoms with Gasteiger partial charge in [0.05, 0.1) is 11.6 Å². The van der Waals surface area contributed by atoms with Crippen LogP contribution in [0.4, 0.5) is 5.69 Å². The van der Waals surface area contributed by atoms with Gasteiger partial charge in [-0.3, -0.25) is 0 Å². The Hall–Kier alpha value is -2.82. The largest absolute Gasteiger partial charge is 0.371 e. The summed E-state index contributed by atoms with van der Waals surface area (Å²) >= 11 is 0. The Morgan fingerprint density at radius 3 is 2.15 bits per heavy atom. The second-order valence-electron chi connectivity index (χ2n) is 10.3. The fraction of sp³-hybridized carbons (Fsp3) is 0.517. The van der Waals surface area contributed by atoms with Gasteiger partial charge in [0.1, 0.15) is 0 Å². The summed E-state index contributed by atoms with van der Waals surface area (Å²) in [6, 6.07) is 20.9. The molecule has 0 amide bonds. The standard InChI is InChI=1S/C29H34N4/c1-31-29(26-9-5-6-10-26,25-7-3-2-4-8-25)27-15-17-32(18-16-27)20-24-21-33(22-24)28-13-11-23(19-30)12-14-28/h2-4,7-8,11-14,24,26-27H,5-6,9-10,15-18,20-22H2. The van der Waals surface area contributed by atoms with E-state index < -0.39 is 0 Å². The predicted molar refractivity (Wildman–Crippen MR) is 133 cm³/mol. The molecule has 2 aromatic carbocycles. The molecule has 1 aliphatic carbocycles. The van der Waals surface area contributed by atoms with Crippen LogP contribution in [0, 0.1) is 35.7 Å². The van der Waals surface area contributed by atoms with Crippen LogP contribution in [-0.2, 0) is 5.54 Å². The van der Waals surface area contributed by atoms with Gasteiger partial charge < -0.3 is 14.6 Å². The average Bonchev–Trinajstić information content (AvgIpc) is 3.39. The van der Waals surface area contributed by atoms with Crippen molar-refractivity contribution < 1.29 is 0 Å². The SMILES string of the molecule is [C-]#[N+]C(c1ccccc1)(C1CCCC1)C1CCN(CC2CN(c3ccc(C#N)cc3)C2)CC1. The molecular formula is C29H34N4. The van der Waals surface area contributed by atoms with Gasteiger partial charge in [-0.1, -0.05) is 43.2 Å². The van der Waals surface area contributed by atoms with E-state index in [9.17, 15) is 0 Å². The van der Waals surface area contributed by atoms with E-state index in [1.165, 1.54) is 43.5 Å². The van der Waals surface area contributed by atoms with E-state index in [0.29, 0.717) is 17.8 Å². The zero-order valence-electron chi connectivity index (χ0n) is 19.5. The average molecular weight is 439 g/mol. The third-order valence-corrected chi connectivity index (χ3v) is 8.44. The molecular weight excluding hydrogens is 404 g/mol. The van der Waals surface area contributed by atoms with Crippen LogP contribution in [0.15, 0.2) is 54.6 Å². The Morgan fingerprint density at radius 1 is 0.909 bits per heavy atom. The number of nitrogens with zero attached hydrogens (tertiary/aromatic N) is 4. The first kappa shape index (κ1) is 22.0. The minimum atomic E-state index is -0.327. The third kappa shape index (κ3) is 4.25. The quantitative estimate of drug-likeness (QED) is 0.542.